The van der Waals surface area contributed by atoms with Gasteiger partial charge in [-0.1, -0.05) is 23.8 Å². The second kappa shape index (κ2) is 6.02. The summed E-state index contributed by atoms with van der Waals surface area (Å²) in [5.74, 6) is 0. The van der Waals surface area contributed by atoms with Gasteiger partial charge in [0, 0.05) is 6.04 Å². The average molecular weight is 216 g/mol. The minimum Gasteiger partial charge on any atom is -0.395 e. The predicted molar refractivity (Wildman–Crippen MR) is 61.9 cm³/mol. The third kappa shape index (κ3) is 3.66. The van der Waals surface area contributed by atoms with Crippen LogP contribution in [0.2, 0.25) is 0 Å². The number of benzene rings is 1. The number of hydrogen-bond acceptors (Lipinski definition) is 2. The van der Waals surface area contributed by atoms with E-state index in [1.807, 2.05) is 0 Å². The quantitative estimate of drug-likeness (QED) is 0.805. The highest BCUT2D eigenvalue weighted by molar-refractivity contribution is 5.85. The number of aliphatic hydroxyl groups is 1. The van der Waals surface area contributed by atoms with Crippen molar-refractivity contribution in [3.63, 3.8) is 0 Å². The van der Waals surface area contributed by atoms with E-state index < -0.39 is 0 Å². The van der Waals surface area contributed by atoms with Crippen LogP contribution < -0.4 is 5.73 Å². The molecule has 0 bridgehead atoms. The Morgan fingerprint density at radius 3 is 2.50 bits per heavy atom. The number of aryl methyl sites for hydroxylation is 2. The molecule has 1 aromatic carbocycles. The summed E-state index contributed by atoms with van der Waals surface area (Å²) in [5, 5.41) is 8.82. The molecule has 1 rings (SSSR count). The van der Waals surface area contributed by atoms with Gasteiger partial charge in [-0.15, -0.1) is 12.4 Å². The van der Waals surface area contributed by atoms with Gasteiger partial charge in [-0.2, -0.15) is 0 Å². The van der Waals surface area contributed by atoms with Crippen molar-refractivity contribution < 1.29 is 5.11 Å². The van der Waals surface area contributed by atoms with E-state index >= 15 is 0 Å². The standard InChI is InChI=1S/C11H17NO.ClH/c1-8-3-4-10(9(2)5-8)6-11(12)7-13;/h3-5,11,13H,6-7,12H2,1-2H3;1H/t11-;/m0./s1. The SMILES string of the molecule is Cc1ccc(C[C@H](N)CO)c(C)c1.Cl. The molecule has 2 nitrogen and oxygen atoms in total. The fourth-order valence-corrected chi connectivity index (χ4v) is 1.42. The summed E-state index contributed by atoms with van der Waals surface area (Å²) in [4.78, 5) is 0. The first kappa shape index (κ1) is 13.4. The first-order valence-corrected chi connectivity index (χ1v) is 4.56. The molecule has 0 amide bonds. The third-order valence-electron chi connectivity index (χ3n) is 2.21. The number of nitrogens with two attached hydrogens (primary N) is 1. The Morgan fingerprint density at radius 2 is 2.00 bits per heavy atom. The van der Waals surface area contributed by atoms with Crippen molar-refractivity contribution in [1.82, 2.24) is 0 Å². The van der Waals surface area contributed by atoms with Crippen LogP contribution in [0, 0.1) is 13.8 Å². The Labute approximate surface area is 91.5 Å². The van der Waals surface area contributed by atoms with Crippen LogP contribution in [0.15, 0.2) is 18.2 Å². The number of halogens is 1. The summed E-state index contributed by atoms with van der Waals surface area (Å²) >= 11 is 0. The van der Waals surface area contributed by atoms with E-state index in [0.717, 1.165) is 6.42 Å². The van der Waals surface area contributed by atoms with Gasteiger partial charge in [-0.05, 0) is 31.4 Å². The molecule has 0 radical (unpaired) electrons. The van der Waals surface area contributed by atoms with Gasteiger partial charge >= 0.3 is 0 Å². The van der Waals surface area contributed by atoms with Crippen LogP contribution in [0.3, 0.4) is 0 Å². The maximum absolute atomic E-state index is 8.82. The number of rotatable bonds is 3. The van der Waals surface area contributed by atoms with E-state index in [1.54, 1.807) is 0 Å². The van der Waals surface area contributed by atoms with Crippen LogP contribution in [0.4, 0.5) is 0 Å². The molecule has 3 heteroatoms. The molecule has 1 atom stereocenters. The molecule has 14 heavy (non-hydrogen) atoms. The van der Waals surface area contributed by atoms with Crippen molar-refractivity contribution >= 4 is 12.4 Å². The van der Waals surface area contributed by atoms with Gasteiger partial charge in [-0.25, -0.2) is 0 Å². The van der Waals surface area contributed by atoms with Crippen molar-refractivity contribution in [2.24, 2.45) is 5.73 Å². The van der Waals surface area contributed by atoms with Gasteiger partial charge < -0.3 is 10.8 Å². The summed E-state index contributed by atoms with van der Waals surface area (Å²) in [6.45, 7) is 4.20. The Bertz CT molecular complexity index is 289. The Balaban J connectivity index is 0.00000169. The molecule has 0 unspecified atom stereocenters. The number of hydrogen-bond donors (Lipinski definition) is 2. The molecule has 0 spiro atoms. The van der Waals surface area contributed by atoms with Crippen molar-refractivity contribution in [1.29, 1.82) is 0 Å². The zero-order chi connectivity index (χ0) is 9.84. The van der Waals surface area contributed by atoms with Gasteiger partial charge in [0.25, 0.3) is 0 Å². The monoisotopic (exact) mass is 215 g/mol. The summed E-state index contributed by atoms with van der Waals surface area (Å²) in [5.41, 5.74) is 9.41. The highest BCUT2D eigenvalue weighted by Crippen LogP contribution is 2.11. The molecule has 0 aliphatic rings. The molecular weight excluding hydrogens is 198 g/mol. The zero-order valence-electron chi connectivity index (χ0n) is 8.66. The summed E-state index contributed by atoms with van der Waals surface area (Å²) < 4.78 is 0. The molecule has 0 saturated carbocycles. The molecule has 0 saturated heterocycles. The fourth-order valence-electron chi connectivity index (χ4n) is 1.42. The normalized spacial score (nSPS) is 12.0. The maximum atomic E-state index is 8.82. The highest BCUT2D eigenvalue weighted by Gasteiger charge is 2.04. The van der Waals surface area contributed by atoms with Gasteiger partial charge in [0.05, 0.1) is 6.61 Å². The summed E-state index contributed by atoms with van der Waals surface area (Å²) in [7, 11) is 0. The van der Waals surface area contributed by atoms with E-state index in [1.165, 1.54) is 16.7 Å². The van der Waals surface area contributed by atoms with Crippen molar-refractivity contribution in [2.45, 2.75) is 26.3 Å². The van der Waals surface area contributed by atoms with Crippen molar-refractivity contribution in [2.75, 3.05) is 6.61 Å². The van der Waals surface area contributed by atoms with Gasteiger partial charge in [0.1, 0.15) is 0 Å². The van der Waals surface area contributed by atoms with Crippen LogP contribution in [-0.2, 0) is 6.42 Å². The van der Waals surface area contributed by atoms with E-state index in [-0.39, 0.29) is 25.1 Å². The lowest BCUT2D eigenvalue weighted by Crippen LogP contribution is -2.27. The van der Waals surface area contributed by atoms with Crippen LogP contribution in [0.25, 0.3) is 0 Å². The third-order valence-corrected chi connectivity index (χ3v) is 2.21. The van der Waals surface area contributed by atoms with Crippen LogP contribution >= 0.6 is 12.4 Å². The van der Waals surface area contributed by atoms with E-state index in [2.05, 4.69) is 32.0 Å². The van der Waals surface area contributed by atoms with Crippen molar-refractivity contribution in [3.8, 4) is 0 Å². The van der Waals surface area contributed by atoms with Crippen LogP contribution in [0.1, 0.15) is 16.7 Å². The second-order valence-electron chi connectivity index (χ2n) is 3.58. The van der Waals surface area contributed by atoms with Gasteiger partial charge in [0.2, 0.25) is 0 Å². The summed E-state index contributed by atoms with van der Waals surface area (Å²) in [6, 6.07) is 6.16. The second-order valence-corrected chi connectivity index (χ2v) is 3.58. The largest absolute Gasteiger partial charge is 0.395 e. The van der Waals surface area contributed by atoms with Crippen molar-refractivity contribution in [3.05, 3.63) is 34.9 Å². The maximum Gasteiger partial charge on any atom is 0.0585 e. The van der Waals surface area contributed by atoms with Gasteiger partial charge in [-0.3, -0.25) is 0 Å². The lowest BCUT2D eigenvalue weighted by atomic mass is 10.00. The Kier molecular flexibility index (Phi) is 5.77. The minimum absolute atomic E-state index is 0. The minimum atomic E-state index is -0.138. The topological polar surface area (TPSA) is 46.2 Å². The smallest absolute Gasteiger partial charge is 0.0585 e. The van der Waals surface area contributed by atoms with Crippen LogP contribution in [0.5, 0.6) is 0 Å². The summed E-state index contributed by atoms with van der Waals surface area (Å²) in [6.07, 6.45) is 0.753. The molecule has 0 aromatic heterocycles. The molecular formula is C11H18ClNO. The molecule has 80 valence electrons. The lowest BCUT2D eigenvalue weighted by Gasteiger charge is -2.10. The Morgan fingerprint density at radius 1 is 1.36 bits per heavy atom. The number of aliphatic hydroxyl groups excluding tert-OH is 1. The molecule has 1 aromatic rings. The molecule has 3 N–H and O–H groups in total. The average Bonchev–Trinajstić information content (AvgIpc) is 2.09. The van der Waals surface area contributed by atoms with E-state index in [9.17, 15) is 0 Å². The van der Waals surface area contributed by atoms with Gasteiger partial charge in [0.15, 0.2) is 0 Å². The zero-order valence-corrected chi connectivity index (χ0v) is 9.47. The molecule has 0 aliphatic carbocycles. The first-order valence-electron chi connectivity index (χ1n) is 4.56. The highest BCUT2D eigenvalue weighted by atomic mass is 35.5. The fraction of sp³-hybridized carbons (Fsp3) is 0.455. The predicted octanol–water partition coefficient (Wildman–Crippen LogP) is 1.59. The van der Waals surface area contributed by atoms with Crippen LogP contribution in [-0.4, -0.2) is 17.8 Å². The molecule has 0 fully saturated rings. The Hall–Kier alpha value is -0.570. The lowest BCUT2D eigenvalue weighted by molar-refractivity contribution is 0.265. The molecule has 0 heterocycles. The van der Waals surface area contributed by atoms with E-state index in [0.29, 0.717) is 0 Å². The molecule has 0 aliphatic heterocycles. The first-order chi connectivity index (χ1) is 6.13. The van der Waals surface area contributed by atoms with E-state index in [4.69, 9.17) is 10.8 Å².